The van der Waals surface area contributed by atoms with Gasteiger partial charge in [-0.2, -0.15) is 0 Å². The topological polar surface area (TPSA) is 98.5 Å². The monoisotopic (exact) mass is 456 g/mol. The zero-order chi connectivity index (χ0) is 23.4. The Morgan fingerprint density at radius 2 is 1.56 bits per heavy atom. The lowest BCUT2D eigenvalue weighted by Gasteiger charge is -2.44. The number of nitrogens with two attached hydrogens (primary N) is 1. The number of nitrogens with one attached hydrogen (secondary N) is 1. The Kier molecular flexibility index (Phi) is 5.48. The number of ketones is 2. The van der Waals surface area contributed by atoms with E-state index in [2.05, 4.69) is 33.0 Å². The van der Waals surface area contributed by atoms with E-state index < -0.39 is 11.8 Å². The van der Waals surface area contributed by atoms with Crippen LogP contribution in [-0.2, 0) is 14.4 Å². The largest absolute Gasteiger partial charge is 0.483 e. The molecule has 1 aromatic rings. The molecule has 0 atom stereocenters. The molecular weight excluding hydrogens is 428 g/mol. The van der Waals surface area contributed by atoms with Crippen LogP contribution in [-0.4, -0.2) is 24.1 Å². The van der Waals surface area contributed by atoms with Gasteiger partial charge in [-0.1, -0.05) is 39.3 Å². The normalized spacial score (nSPS) is 22.3. The third-order valence-corrected chi connectivity index (χ3v) is 6.61. The Bertz CT molecular complexity index is 1050. The molecule has 1 heterocycles. The molecule has 32 heavy (non-hydrogen) atoms. The third kappa shape index (κ3) is 4.20. The first-order chi connectivity index (χ1) is 14.9. The van der Waals surface area contributed by atoms with E-state index in [4.69, 9.17) is 22.1 Å². The van der Waals surface area contributed by atoms with Gasteiger partial charge < -0.3 is 15.8 Å². The summed E-state index contributed by atoms with van der Waals surface area (Å²) in [6.45, 7) is 8.00. The van der Waals surface area contributed by atoms with Crippen LogP contribution in [0.1, 0.15) is 64.9 Å². The zero-order valence-electron chi connectivity index (χ0n) is 18.9. The van der Waals surface area contributed by atoms with Crippen molar-refractivity contribution >= 4 is 29.1 Å². The summed E-state index contributed by atoms with van der Waals surface area (Å²) in [5.74, 6) is -0.774. The lowest BCUT2D eigenvalue weighted by molar-refractivity contribution is -0.121. The van der Waals surface area contributed by atoms with Gasteiger partial charge in [0.15, 0.2) is 18.2 Å². The molecule has 3 N–H and O–H groups in total. The highest BCUT2D eigenvalue weighted by Crippen LogP contribution is 2.52. The minimum atomic E-state index is -0.609. The Labute approximate surface area is 193 Å². The summed E-state index contributed by atoms with van der Waals surface area (Å²) < 4.78 is 5.70. The Balaban J connectivity index is 1.93. The van der Waals surface area contributed by atoms with E-state index in [0.717, 1.165) is 11.4 Å². The van der Waals surface area contributed by atoms with Crippen LogP contribution >= 0.6 is 11.6 Å². The first-order valence-corrected chi connectivity index (χ1v) is 11.2. The summed E-state index contributed by atoms with van der Waals surface area (Å²) >= 11 is 6.35. The average molecular weight is 457 g/mol. The molecule has 1 aliphatic heterocycles. The van der Waals surface area contributed by atoms with Gasteiger partial charge in [-0.25, -0.2) is 0 Å². The molecule has 0 fully saturated rings. The van der Waals surface area contributed by atoms with Crippen molar-refractivity contribution in [2.75, 3.05) is 6.61 Å². The molecule has 0 bridgehead atoms. The first kappa shape index (κ1) is 22.6. The molecule has 1 aromatic carbocycles. The van der Waals surface area contributed by atoms with Crippen molar-refractivity contribution in [2.45, 2.75) is 59.3 Å². The highest BCUT2D eigenvalue weighted by molar-refractivity contribution is 6.30. The second-order valence-corrected chi connectivity index (χ2v) is 11.1. The fourth-order valence-corrected chi connectivity index (χ4v) is 5.41. The maximum absolute atomic E-state index is 13.4. The number of carbonyl (C=O) groups excluding carboxylic acids is 3. The maximum atomic E-state index is 13.4. The smallest absolute Gasteiger partial charge is 0.255 e. The maximum Gasteiger partial charge on any atom is 0.255 e. The number of Topliss-reactive ketones (excluding diaryl/α,β-unsaturated/α-hetero) is 2. The van der Waals surface area contributed by atoms with Crippen molar-refractivity contribution in [1.29, 1.82) is 0 Å². The molecule has 4 rings (SSSR count). The molecule has 0 spiro atoms. The van der Waals surface area contributed by atoms with Crippen molar-refractivity contribution in [3.05, 3.63) is 51.3 Å². The van der Waals surface area contributed by atoms with E-state index in [1.165, 1.54) is 0 Å². The second-order valence-electron chi connectivity index (χ2n) is 10.7. The van der Waals surface area contributed by atoms with Crippen LogP contribution in [0.4, 0.5) is 0 Å². The number of allylic oxidation sites excluding steroid dienone is 4. The minimum Gasteiger partial charge on any atom is -0.483 e. The van der Waals surface area contributed by atoms with Crippen LogP contribution in [0.5, 0.6) is 5.75 Å². The lowest BCUT2D eigenvalue weighted by Crippen LogP contribution is -2.42. The van der Waals surface area contributed by atoms with Crippen molar-refractivity contribution in [1.82, 2.24) is 5.32 Å². The molecule has 7 heteroatoms. The lowest BCUT2D eigenvalue weighted by atomic mass is 9.64. The van der Waals surface area contributed by atoms with Gasteiger partial charge in [0, 0.05) is 51.9 Å². The van der Waals surface area contributed by atoms with E-state index in [0.29, 0.717) is 53.2 Å². The summed E-state index contributed by atoms with van der Waals surface area (Å²) in [5, 5.41) is 3.94. The van der Waals surface area contributed by atoms with Crippen molar-refractivity contribution in [3.63, 3.8) is 0 Å². The van der Waals surface area contributed by atoms with E-state index in [9.17, 15) is 14.4 Å². The van der Waals surface area contributed by atoms with E-state index in [-0.39, 0.29) is 29.0 Å². The number of amides is 1. The van der Waals surface area contributed by atoms with Gasteiger partial charge in [0.05, 0.1) is 0 Å². The van der Waals surface area contributed by atoms with Gasteiger partial charge in [0.2, 0.25) is 0 Å². The van der Waals surface area contributed by atoms with Crippen LogP contribution in [0, 0.1) is 10.8 Å². The first-order valence-electron chi connectivity index (χ1n) is 10.9. The number of hydrogen-bond acceptors (Lipinski definition) is 5. The summed E-state index contributed by atoms with van der Waals surface area (Å²) in [5.41, 5.74) is 8.46. The van der Waals surface area contributed by atoms with E-state index in [1.54, 1.807) is 18.2 Å². The van der Waals surface area contributed by atoms with Crippen molar-refractivity contribution in [3.8, 4) is 5.75 Å². The van der Waals surface area contributed by atoms with Crippen LogP contribution in [0.25, 0.3) is 0 Å². The highest BCUT2D eigenvalue weighted by Gasteiger charge is 2.47. The predicted molar refractivity (Wildman–Crippen MR) is 122 cm³/mol. The van der Waals surface area contributed by atoms with Crippen molar-refractivity contribution < 1.29 is 19.1 Å². The quantitative estimate of drug-likeness (QED) is 0.708. The number of benzene rings is 1. The molecule has 3 aliphatic rings. The number of rotatable bonds is 4. The molecular formula is C25H29ClN2O4. The van der Waals surface area contributed by atoms with Crippen LogP contribution in [0.15, 0.2) is 40.7 Å². The molecule has 170 valence electrons. The van der Waals surface area contributed by atoms with Crippen molar-refractivity contribution in [2.24, 2.45) is 16.6 Å². The summed E-state index contributed by atoms with van der Waals surface area (Å²) in [6, 6.07) is 5.05. The van der Waals surface area contributed by atoms with Crippen LogP contribution in [0.3, 0.4) is 0 Å². The van der Waals surface area contributed by atoms with Gasteiger partial charge in [0.25, 0.3) is 5.91 Å². The number of carbonyl (C=O) groups is 3. The van der Waals surface area contributed by atoms with E-state index in [1.807, 2.05) is 0 Å². The molecule has 2 aliphatic carbocycles. The SMILES string of the molecule is CC1(C)CC(=O)C2=C(C1)NC1=C(C(=O)CC(C)(C)C1)C2c1cc(Cl)ccc1OCC(N)=O. The minimum absolute atomic E-state index is 0.0127. The van der Waals surface area contributed by atoms with Crippen LogP contribution in [0.2, 0.25) is 5.02 Å². The molecule has 0 saturated carbocycles. The highest BCUT2D eigenvalue weighted by atomic mass is 35.5. The van der Waals surface area contributed by atoms with Gasteiger partial charge in [0.1, 0.15) is 5.75 Å². The molecule has 0 saturated heterocycles. The standard InChI is InChI=1S/C25H29ClN2O4/c1-24(2)8-15-22(17(29)10-24)21(23-16(28-15)9-25(3,4)11-18(23)30)14-7-13(26)5-6-19(14)32-12-20(27)31/h5-7,21,28H,8-12H2,1-4H3,(H2,27,31). The number of halogens is 1. The molecule has 6 nitrogen and oxygen atoms in total. The Hall–Kier alpha value is -2.60. The molecule has 1 amide bonds. The van der Waals surface area contributed by atoms with Crippen LogP contribution < -0.4 is 15.8 Å². The predicted octanol–water partition coefficient (Wildman–Crippen LogP) is 4.18. The summed E-state index contributed by atoms with van der Waals surface area (Å²) in [4.78, 5) is 38.2. The fourth-order valence-electron chi connectivity index (χ4n) is 5.23. The Morgan fingerprint density at radius 1 is 1.03 bits per heavy atom. The van der Waals surface area contributed by atoms with Gasteiger partial charge in [-0.05, 0) is 41.9 Å². The number of ether oxygens (including phenoxy) is 1. The number of dihydropyridines is 1. The average Bonchev–Trinajstić information content (AvgIpc) is 2.63. The zero-order valence-corrected chi connectivity index (χ0v) is 19.7. The third-order valence-electron chi connectivity index (χ3n) is 6.37. The molecule has 0 aromatic heterocycles. The Morgan fingerprint density at radius 3 is 2.06 bits per heavy atom. The fraction of sp³-hybridized carbons (Fsp3) is 0.480. The molecule has 0 radical (unpaired) electrons. The van der Waals surface area contributed by atoms with Gasteiger partial charge >= 0.3 is 0 Å². The molecule has 0 unspecified atom stereocenters. The summed E-state index contributed by atoms with van der Waals surface area (Å²) in [7, 11) is 0. The number of hydrogen-bond donors (Lipinski definition) is 2. The van der Waals surface area contributed by atoms with E-state index >= 15 is 0 Å². The van der Waals surface area contributed by atoms with Gasteiger partial charge in [-0.15, -0.1) is 0 Å². The second kappa shape index (κ2) is 7.77. The summed E-state index contributed by atoms with van der Waals surface area (Å²) in [6.07, 6.45) is 2.19. The van der Waals surface area contributed by atoms with Gasteiger partial charge in [-0.3, -0.25) is 14.4 Å². The number of primary amides is 1.